The molecule has 19 heavy (non-hydrogen) atoms. The summed E-state index contributed by atoms with van der Waals surface area (Å²) in [6.07, 6.45) is 3.21. The van der Waals surface area contributed by atoms with Gasteiger partial charge in [-0.25, -0.2) is 0 Å². The Morgan fingerprint density at radius 2 is 1.84 bits per heavy atom. The molecule has 3 amide bonds. The van der Waals surface area contributed by atoms with Crippen molar-refractivity contribution in [3.63, 3.8) is 0 Å². The maximum atomic E-state index is 11.8. The topological polar surface area (TPSA) is 77.9 Å². The number of likely N-dealkylation sites (tertiary alicyclic amines) is 1. The van der Waals surface area contributed by atoms with Gasteiger partial charge in [-0.2, -0.15) is 0 Å². The van der Waals surface area contributed by atoms with Crippen LogP contribution in [0.4, 0.5) is 0 Å². The van der Waals surface area contributed by atoms with Crippen molar-refractivity contribution in [2.75, 3.05) is 26.7 Å². The fourth-order valence-corrected chi connectivity index (χ4v) is 2.03. The van der Waals surface area contributed by atoms with E-state index in [9.17, 15) is 14.4 Å². The summed E-state index contributed by atoms with van der Waals surface area (Å²) in [6.45, 7) is 1.01. The van der Waals surface area contributed by atoms with Crippen LogP contribution >= 0.6 is 0 Å². The second-order valence-corrected chi connectivity index (χ2v) is 4.79. The Bertz CT molecular complexity index is 328. The Morgan fingerprint density at radius 3 is 2.42 bits per heavy atom. The van der Waals surface area contributed by atoms with E-state index < -0.39 is 0 Å². The van der Waals surface area contributed by atoms with Gasteiger partial charge in [0, 0.05) is 46.0 Å². The number of hydrogen-bond donors (Lipinski definition) is 1. The molecule has 1 N–H and O–H groups in total. The summed E-state index contributed by atoms with van der Waals surface area (Å²) in [7, 11) is 1.72. The average Bonchev–Trinajstić information content (AvgIpc) is 2.71. The molecular formula is C13H22N2O4. The first-order valence-corrected chi connectivity index (χ1v) is 6.74. The maximum absolute atomic E-state index is 11.8. The van der Waals surface area contributed by atoms with Crippen LogP contribution in [-0.4, -0.2) is 59.4 Å². The minimum absolute atomic E-state index is 0.0588. The summed E-state index contributed by atoms with van der Waals surface area (Å²) in [5.74, 6) is -0.414. The van der Waals surface area contributed by atoms with Crippen molar-refractivity contribution in [3.05, 3.63) is 0 Å². The van der Waals surface area contributed by atoms with E-state index in [1.165, 1.54) is 4.90 Å². The molecule has 6 heteroatoms. The molecule has 1 rings (SSSR count). The number of aliphatic hydroxyl groups is 1. The summed E-state index contributed by atoms with van der Waals surface area (Å²) < 4.78 is 0. The van der Waals surface area contributed by atoms with E-state index in [1.807, 2.05) is 0 Å². The van der Waals surface area contributed by atoms with Crippen molar-refractivity contribution in [3.8, 4) is 0 Å². The Labute approximate surface area is 113 Å². The summed E-state index contributed by atoms with van der Waals surface area (Å²) >= 11 is 0. The number of carbonyl (C=O) groups is 3. The van der Waals surface area contributed by atoms with E-state index in [1.54, 1.807) is 11.9 Å². The summed E-state index contributed by atoms with van der Waals surface area (Å²) in [5, 5.41) is 8.65. The van der Waals surface area contributed by atoms with Crippen LogP contribution in [0.5, 0.6) is 0 Å². The van der Waals surface area contributed by atoms with Crippen molar-refractivity contribution >= 4 is 17.7 Å². The molecule has 0 aromatic carbocycles. The van der Waals surface area contributed by atoms with Crippen molar-refractivity contribution < 1.29 is 19.5 Å². The van der Waals surface area contributed by atoms with Gasteiger partial charge in [0.1, 0.15) is 0 Å². The molecular weight excluding hydrogens is 248 g/mol. The fourth-order valence-electron chi connectivity index (χ4n) is 2.03. The maximum Gasteiger partial charge on any atom is 0.229 e. The molecule has 0 atom stereocenters. The lowest BCUT2D eigenvalue weighted by Gasteiger charge is -2.19. The molecule has 1 aliphatic rings. The van der Waals surface area contributed by atoms with Gasteiger partial charge in [0.05, 0.1) is 0 Å². The first kappa shape index (κ1) is 15.6. The van der Waals surface area contributed by atoms with Gasteiger partial charge >= 0.3 is 0 Å². The number of unbranched alkanes of at least 4 members (excludes halogenated alkanes) is 2. The van der Waals surface area contributed by atoms with Crippen LogP contribution in [0.1, 0.15) is 38.5 Å². The highest BCUT2D eigenvalue weighted by Crippen LogP contribution is 2.12. The van der Waals surface area contributed by atoms with Crippen molar-refractivity contribution in [1.82, 2.24) is 9.80 Å². The number of amides is 3. The summed E-state index contributed by atoms with van der Waals surface area (Å²) in [4.78, 5) is 37.3. The molecule has 6 nitrogen and oxygen atoms in total. The molecule has 0 saturated carbocycles. The number of imide groups is 1. The SMILES string of the molecule is CN(CCCCCO)C(=O)CCN1C(=O)CCC1=O. The van der Waals surface area contributed by atoms with Crippen molar-refractivity contribution in [2.24, 2.45) is 0 Å². The standard InChI is InChI=1S/C13H22N2O4/c1-14(8-3-2-4-10-16)11(17)7-9-15-12(18)5-6-13(15)19/h16H,2-10H2,1H3. The molecule has 0 aliphatic carbocycles. The molecule has 0 unspecified atom stereocenters. The lowest BCUT2D eigenvalue weighted by atomic mass is 10.2. The van der Waals surface area contributed by atoms with Gasteiger partial charge in [0.25, 0.3) is 0 Å². The number of rotatable bonds is 8. The molecule has 1 heterocycles. The highest BCUT2D eigenvalue weighted by Gasteiger charge is 2.29. The smallest absolute Gasteiger partial charge is 0.229 e. The van der Waals surface area contributed by atoms with Gasteiger partial charge in [0.15, 0.2) is 0 Å². The lowest BCUT2D eigenvalue weighted by molar-refractivity contribution is -0.139. The van der Waals surface area contributed by atoms with Crippen LogP contribution in [0, 0.1) is 0 Å². The Morgan fingerprint density at radius 1 is 1.21 bits per heavy atom. The fraction of sp³-hybridized carbons (Fsp3) is 0.769. The predicted octanol–water partition coefficient (Wildman–Crippen LogP) is 0.146. The van der Waals surface area contributed by atoms with Gasteiger partial charge in [0.2, 0.25) is 17.7 Å². The van der Waals surface area contributed by atoms with Crippen LogP contribution in [0.15, 0.2) is 0 Å². The lowest BCUT2D eigenvalue weighted by Crippen LogP contribution is -2.35. The third-order valence-electron chi connectivity index (χ3n) is 3.28. The van der Waals surface area contributed by atoms with E-state index in [0.29, 0.717) is 6.54 Å². The number of nitrogens with zero attached hydrogens (tertiary/aromatic N) is 2. The molecule has 0 aromatic rings. The zero-order chi connectivity index (χ0) is 14.3. The predicted molar refractivity (Wildman–Crippen MR) is 69.1 cm³/mol. The Kier molecular flexibility index (Phi) is 6.49. The second kappa shape index (κ2) is 7.89. The zero-order valence-corrected chi connectivity index (χ0v) is 11.4. The van der Waals surface area contributed by atoms with Gasteiger partial charge in [-0.15, -0.1) is 0 Å². The van der Waals surface area contributed by atoms with Crippen LogP contribution < -0.4 is 0 Å². The second-order valence-electron chi connectivity index (χ2n) is 4.79. The molecule has 1 aliphatic heterocycles. The normalized spacial score (nSPS) is 15.2. The van der Waals surface area contributed by atoms with E-state index in [-0.39, 0.29) is 50.1 Å². The number of carbonyl (C=O) groups excluding carboxylic acids is 3. The third kappa shape index (κ3) is 4.98. The van der Waals surface area contributed by atoms with Crippen molar-refractivity contribution in [1.29, 1.82) is 0 Å². The van der Waals surface area contributed by atoms with E-state index in [2.05, 4.69) is 0 Å². The third-order valence-corrected chi connectivity index (χ3v) is 3.28. The van der Waals surface area contributed by atoms with Gasteiger partial charge in [-0.3, -0.25) is 19.3 Å². The monoisotopic (exact) mass is 270 g/mol. The summed E-state index contributed by atoms with van der Waals surface area (Å²) in [5.41, 5.74) is 0. The van der Waals surface area contributed by atoms with Crippen molar-refractivity contribution in [2.45, 2.75) is 38.5 Å². The molecule has 1 saturated heterocycles. The molecule has 1 fully saturated rings. The highest BCUT2D eigenvalue weighted by molar-refractivity contribution is 6.02. The Hall–Kier alpha value is -1.43. The first-order chi connectivity index (χ1) is 9.06. The van der Waals surface area contributed by atoms with Gasteiger partial charge in [-0.05, 0) is 19.3 Å². The van der Waals surface area contributed by atoms with E-state index in [0.717, 1.165) is 19.3 Å². The van der Waals surface area contributed by atoms with E-state index >= 15 is 0 Å². The number of aliphatic hydroxyl groups excluding tert-OH is 1. The van der Waals surface area contributed by atoms with Gasteiger partial charge in [-0.1, -0.05) is 0 Å². The highest BCUT2D eigenvalue weighted by atomic mass is 16.3. The minimum Gasteiger partial charge on any atom is -0.396 e. The van der Waals surface area contributed by atoms with Crippen LogP contribution in [-0.2, 0) is 14.4 Å². The van der Waals surface area contributed by atoms with E-state index in [4.69, 9.17) is 5.11 Å². The largest absolute Gasteiger partial charge is 0.396 e. The molecule has 108 valence electrons. The zero-order valence-electron chi connectivity index (χ0n) is 11.4. The molecule has 0 radical (unpaired) electrons. The molecule has 0 spiro atoms. The van der Waals surface area contributed by atoms with Crippen LogP contribution in [0.25, 0.3) is 0 Å². The molecule has 0 aromatic heterocycles. The van der Waals surface area contributed by atoms with Crippen LogP contribution in [0.2, 0.25) is 0 Å². The number of hydrogen-bond acceptors (Lipinski definition) is 4. The Balaban J connectivity index is 2.22. The minimum atomic E-state index is -0.177. The summed E-state index contributed by atoms with van der Waals surface area (Å²) in [6, 6.07) is 0. The first-order valence-electron chi connectivity index (χ1n) is 6.74. The molecule has 0 bridgehead atoms. The van der Waals surface area contributed by atoms with Gasteiger partial charge < -0.3 is 10.0 Å². The average molecular weight is 270 g/mol. The van der Waals surface area contributed by atoms with Crippen LogP contribution in [0.3, 0.4) is 0 Å². The quantitative estimate of drug-likeness (QED) is 0.503.